The predicted molar refractivity (Wildman–Crippen MR) is 83.8 cm³/mol. The fourth-order valence-electron chi connectivity index (χ4n) is 3.37. The van der Waals surface area contributed by atoms with Crippen molar-refractivity contribution in [3.05, 3.63) is 29.6 Å². The number of benzene rings is 1. The molecule has 0 radical (unpaired) electrons. The molecule has 0 aliphatic carbocycles. The number of fused-ring (bicyclic) bond motifs is 1. The van der Waals surface area contributed by atoms with Crippen molar-refractivity contribution in [2.45, 2.75) is 58.5 Å². The number of rotatable bonds is 5. The van der Waals surface area contributed by atoms with Gasteiger partial charge in [0, 0.05) is 35.3 Å². The van der Waals surface area contributed by atoms with E-state index in [1.54, 1.807) is 12.1 Å². The first-order chi connectivity index (χ1) is 9.35. The Morgan fingerprint density at radius 1 is 1.25 bits per heavy atom. The van der Waals surface area contributed by atoms with E-state index in [2.05, 4.69) is 44.8 Å². The van der Waals surface area contributed by atoms with Crippen LogP contribution in [0, 0.1) is 5.82 Å². The molecule has 20 heavy (non-hydrogen) atoms. The van der Waals surface area contributed by atoms with E-state index >= 15 is 0 Å². The first-order valence-corrected chi connectivity index (χ1v) is 7.64. The van der Waals surface area contributed by atoms with Gasteiger partial charge in [0.05, 0.1) is 0 Å². The normalized spacial score (nSPS) is 21.6. The van der Waals surface area contributed by atoms with Crippen LogP contribution in [0.2, 0.25) is 0 Å². The molecule has 1 aliphatic rings. The van der Waals surface area contributed by atoms with Crippen molar-refractivity contribution in [1.82, 2.24) is 4.90 Å². The van der Waals surface area contributed by atoms with E-state index in [4.69, 9.17) is 0 Å². The summed E-state index contributed by atoms with van der Waals surface area (Å²) in [6.45, 7) is 12.9. The van der Waals surface area contributed by atoms with Gasteiger partial charge >= 0.3 is 0 Å². The second-order valence-electron chi connectivity index (χ2n) is 6.75. The lowest BCUT2D eigenvalue weighted by Gasteiger charge is -2.34. The Kier molecular flexibility index (Phi) is 4.38. The van der Waals surface area contributed by atoms with Crippen LogP contribution in [0.15, 0.2) is 18.2 Å². The van der Waals surface area contributed by atoms with E-state index in [9.17, 15) is 4.39 Å². The topological polar surface area (TPSA) is 15.3 Å². The highest BCUT2D eigenvalue weighted by atomic mass is 19.1. The molecule has 0 saturated carbocycles. The van der Waals surface area contributed by atoms with Gasteiger partial charge in [-0.1, -0.05) is 13.0 Å². The summed E-state index contributed by atoms with van der Waals surface area (Å²) < 4.78 is 14.2. The van der Waals surface area contributed by atoms with Crippen LogP contribution in [0.5, 0.6) is 0 Å². The smallest absolute Gasteiger partial charge is 0.129 e. The fraction of sp³-hybridized carbons (Fsp3) is 0.647. The van der Waals surface area contributed by atoms with Gasteiger partial charge in [-0.25, -0.2) is 4.39 Å². The molecular formula is C17H27FN2. The van der Waals surface area contributed by atoms with Crippen LogP contribution in [-0.2, 0) is 5.41 Å². The Balaban J connectivity index is 2.15. The first-order valence-electron chi connectivity index (χ1n) is 7.64. The van der Waals surface area contributed by atoms with Crippen LogP contribution >= 0.6 is 0 Å². The van der Waals surface area contributed by atoms with Gasteiger partial charge in [0.1, 0.15) is 5.82 Å². The van der Waals surface area contributed by atoms with Gasteiger partial charge in [-0.05, 0) is 52.8 Å². The largest absolute Gasteiger partial charge is 0.384 e. The first kappa shape index (κ1) is 15.3. The minimum absolute atomic E-state index is 0.0735. The summed E-state index contributed by atoms with van der Waals surface area (Å²) in [6.07, 6.45) is 0.976. The SMILES string of the molecule is CC(C)N(CCC1(C)CNc2cccc(F)c21)C(C)C. The molecule has 112 valence electrons. The van der Waals surface area contributed by atoms with Crippen LogP contribution < -0.4 is 5.32 Å². The molecule has 0 fully saturated rings. The summed E-state index contributed by atoms with van der Waals surface area (Å²) in [6, 6.07) is 6.38. The van der Waals surface area contributed by atoms with E-state index in [0.717, 1.165) is 30.8 Å². The molecule has 0 amide bonds. The maximum atomic E-state index is 14.2. The van der Waals surface area contributed by atoms with E-state index in [-0.39, 0.29) is 11.2 Å². The summed E-state index contributed by atoms with van der Waals surface area (Å²) >= 11 is 0. The van der Waals surface area contributed by atoms with Crippen LogP contribution in [0.1, 0.15) is 46.6 Å². The molecule has 0 bridgehead atoms. The average molecular weight is 278 g/mol. The summed E-state index contributed by atoms with van der Waals surface area (Å²) in [5.41, 5.74) is 1.73. The number of nitrogens with zero attached hydrogens (tertiary/aromatic N) is 1. The van der Waals surface area contributed by atoms with Crippen LogP contribution in [-0.4, -0.2) is 30.1 Å². The van der Waals surface area contributed by atoms with Crippen molar-refractivity contribution < 1.29 is 4.39 Å². The van der Waals surface area contributed by atoms with Crippen molar-refractivity contribution >= 4 is 5.69 Å². The Bertz CT molecular complexity index is 462. The van der Waals surface area contributed by atoms with Crippen molar-refractivity contribution in [3.8, 4) is 0 Å². The van der Waals surface area contributed by atoms with Crippen molar-refractivity contribution in [1.29, 1.82) is 0 Å². The molecule has 0 aromatic heterocycles. The summed E-state index contributed by atoms with van der Waals surface area (Å²) in [5, 5.41) is 3.36. The third-order valence-electron chi connectivity index (χ3n) is 4.53. The highest BCUT2D eigenvalue weighted by Crippen LogP contribution is 2.40. The Labute approximate surface area is 122 Å². The van der Waals surface area contributed by atoms with Crippen molar-refractivity contribution in [2.24, 2.45) is 0 Å². The third-order valence-corrected chi connectivity index (χ3v) is 4.53. The minimum Gasteiger partial charge on any atom is -0.384 e. The summed E-state index contributed by atoms with van der Waals surface area (Å²) in [4.78, 5) is 2.48. The molecule has 2 nitrogen and oxygen atoms in total. The lowest BCUT2D eigenvalue weighted by atomic mass is 9.80. The van der Waals surface area contributed by atoms with Gasteiger partial charge in [0.25, 0.3) is 0 Å². The molecule has 1 aromatic rings. The molecule has 1 aliphatic heterocycles. The monoisotopic (exact) mass is 278 g/mol. The van der Waals surface area contributed by atoms with Crippen LogP contribution in [0.4, 0.5) is 10.1 Å². The van der Waals surface area contributed by atoms with Gasteiger partial charge in [0.2, 0.25) is 0 Å². The molecule has 1 unspecified atom stereocenters. The molecule has 1 heterocycles. The van der Waals surface area contributed by atoms with E-state index in [1.807, 2.05) is 6.07 Å². The highest BCUT2D eigenvalue weighted by Gasteiger charge is 2.37. The molecule has 0 saturated heterocycles. The molecular weight excluding hydrogens is 251 g/mol. The summed E-state index contributed by atoms with van der Waals surface area (Å²) in [7, 11) is 0. The van der Waals surface area contributed by atoms with E-state index < -0.39 is 0 Å². The zero-order valence-corrected chi connectivity index (χ0v) is 13.3. The number of hydrogen-bond acceptors (Lipinski definition) is 2. The number of halogens is 1. The summed E-state index contributed by atoms with van der Waals surface area (Å²) in [5.74, 6) is -0.0735. The van der Waals surface area contributed by atoms with Crippen LogP contribution in [0.3, 0.4) is 0 Å². The van der Waals surface area contributed by atoms with E-state index in [1.165, 1.54) is 0 Å². The maximum Gasteiger partial charge on any atom is 0.129 e. The number of hydrogen-bond donors (Lipinski definition) is 1. The van der Waals surface area contributed by atoms with E-state index in [0.29, 0.717) is 12.1 Å². The second-order valence-corrected chi connectivity index (χ2v) is 6.75. The van der Waals surface area contributed by atoms with Gasteiger partial charge in [-0.15, -0.1) is 0 Å². The van der Waals surface area contributed by atoms with Crippen molar-refractivity contribution in [2.75, 3.05) is 18.4 Å². The zero-order chi connectivity index (χ0) is 14.9. The molecule has 0 spiro atoms. The van der Waals surface area contributed by atoms with Crippen molar-refractivity contribution in [3.63, 3.8) is 0 Å². The van der Waals surface area contributed by atoms with Gasteiger partial charge in [-0.2, -0.15) is 0 Å². The maximum absolute atomic E-state index is 14.2. The lowest BCUT2D eigenvalue weighted by molar-refractivity contribution is 0.160. The number of anilines is 1. The fourth-order valence-corrected chi connectivity index (χ4v) is 3.37. The third kappa shape index (κ3) is 2.83. The Morgan fingerprint density at radius 3 is 2.50 bits per heavy atom. The standard InChI is InChI=1S/C17H27FN2/c1-12(2)20(13(3)4)10-9-17(5)11-19-15-8-6-7-14(18)16(15)17/h6-8,12-13,19H,9-11H2,1-5H3. The lowest BCUT2D eigenvalue weighted by Crippen LogP contribution is -2.41. The Morgan fingerprint density at radius 2 is 1.90 bits per heavy atom. The van der Waals surface area contributed by atoms with Gasteiger partial charge in [0.15, 0.2) is 0 Å². The zero-order valence-electron chi connectivity index (χ0n) is 13.3. The highest BCUT2D eigenvalue weighted by molar-refractivity contribution is 5.60. The average Bonchev–Trinajstić information content (AvgIpc) is 2.68. The molecule has 1 N–H and O–H groups in total. The van der Waals surface area contributed by atoms with Crippen LogP contribution in [0.25, 0.3) is 0 Å². The molecule has 3 heteroatoms. The minimum atomic E-state index is -0.108. The van der Waals surface area contributed by atoms with Gasteiger partial charge < -0.3 is 5.32 Å². The predicted octanol–water partition coefficient (Wildman–Crippen LogP) is 4.02. The quantitative estimate of drug-likeness (QED) is 0.875. The molecule has 1 atom stereocenters. The second kappa shape index (κ2) is 5.72. The number of nitrogens with one attached hydrogen (secondary N) is 1. The van der Waals surface area contributed by atoms with Gasteiger partial charge in [-0.3, -0.25) is 4.90 Å². The molecule has 2 rings (SSSR count). The molecule has 1 aromatic carbocycles. The Hall–Kier alpha value is -1.09.